The van der Waals surface area contributed by atoms with Crippen LogP contribution in [0.2, 0.25) is 0 Å². The molecule has 1 unspecified atom stereocenters. The fraction of sp³-hybridized carbons (Fsp3) is 0.200. The van der Waals surface area contributed by atoms with Gasteiger partial charge < -0.3 is 0 Å². The van der Waals surface area contributed by atoms with Gasteiger partial charge in [0.2, 0.25) is 0 Å². The van der Waals surface area contributed by atoms with Crippen LogP contribution in [0.15, 0.2) is 42.5 Å². The molecular formula is C15H16F2N2. The third-order valence-electron chi connectivity index (χ3n) is 3.06. The van der Waals surface area contributed by atoms with Gasteiger partial charge in [-0.05, 0) is 42.7 Å². The van der Waals surface area contributed by atoms with Gasteiger partial charge in [-0.1, -0.05) is 24.3 Å². The summed E-state index contributed by atoms with van der Waals surface area (Å²) in [6, 6.07) is 10.8. The maximum absolute atomic E-state index is 13.9. The average Bonchev–Trinajstić information content (AvgIpc) is 2.37. The molecule has 100 valence electrons. The Hall–Kier alpha value is -1.78. The summed E-state index contributed by atoms with van der Waals surface area (Å²) in [7, 11) is 0. The van der Waals surface area contributed by atoms with Gasteiger partial charge in [0, 0.05) is 5.56 Å². The Morgan fingerprint density at radius 3 is 2.58 bits per heavy atom. The van der Waals surface area contributed by atoms with Crippen LogP contribution in [0, 0.1) is 18.6 Å². The lowest BCUT2D eigenvalue weighted by Crippen LogP contribution is -2.30. The van der Waals surface area contributed by atoms with Crippen LogP contribution in [0.25, 0.3) is 0 Å². The molecule has 4 heteroatoms. The van der Waals surface area contributed by atoms with E-state index in [1.807, 2.05) is 13.0 Å². The van der Waals surface area contributed by atoms with Gasteiger partial charge in [-0.25, -0.2) is 8.78 Å². The van der Waals surface area contributed by atoms with Gasteiger partial charge in [-0.15, -0.1) is 0 Å². The zero-order chi connectivity index (χ0) is 13.8. The Balaban J connectivity index is 2.25. The van der Waals surface area contributed by atoms with Crippen molar-refractivity contribution in [3.05, 3.63) is 70.8 Å². The van der Waals surface area contributed by atoms with Gasteiger partial charge in [0.05, 0.1) is 6.04 Å². The highest BCUT2D eigenvalue weighted by Gasteiger charge is 2.15. The van der Waals surface area contributed by atoms with Crippen LogP contribution < -0.4 is 11.3 Å². The zero-order valence-corrected chi connectivity index (χ0v) is 10.7. The van der Waals surface area contributed by atoms with Crippen molar-refractivity contribution in [1.82, 2.24) is 5.43 Å². The summed E-state index contributed by atoms with van der Waals surface area (Å²) in [4.78, 5) is 0. The highest BCUT2D eigenvalue weighted by Crippen LogP contribution is 2.22. The largest absolute Gasteiger partial charge is 0.271 e. The van der Waals surface area contributed by atoms with E-state index in [4.69, 9.17) is 5.84 Å². The monoisotopic (exact) mass is 262 g/mol. The quantitative estimate of drug-likeness (QED) is 0.656. The van der Waals surface area contributed by atoms with Gasteiger partial charge in [0.1, 0.15) is 11.6 Å². The van der Waals surface area contributed by atoms with E-state index in [-0.39, 0.29) is 17.7 Å². The molecule has 0 heterocycles. The fourth-order valence-electron chi connectivity index (χ4n) is 2.07. The van der Waals surface area contributed by atoms with E-state index >= 15 is 0 Å². The van der Waals surface area contributed by atoms with Crippen molar-refractivity contribution in [3.63, 3.8) is 0 Å². The molecule has 0 aliphatic rings. The molecule has 1 atom stereocenters. The lowest BCUT2D eigenvalue weighted by molar-refractivity contribution is 0.509. The maximum Gasteiger partial charge on any atom is 0.128 e. The molecular weight excluding hydrogens is 246 g/mol. The highest BCUT2D eigenvalue weighted by molar-refractivity contribution is 5.28. The van der Waals surface area contributed by atoms with Crippen LogP contribution in [0.4, 0.5) is 8.78 Å². The summed E-state index contributed by atoms with van der Waals surface area (Å²) < 4.78 is 27.0. The molecule has 0 fully saturated rings. The second-order valence-corrected chi connectivity index (χ2v) is 4.58. The number of rotatable bonds is 4. The molecule has 2 aromatic rings. The zero-order valence-electron chi connectivity index (χ0n) is 10.7. The van der Waals surface area contributed by atoms with Crippen LogP contribution in [-0.2, 0) is 6.42 Å². The maximum atomic E-state index is 13.9. The molecule has 0 amide bonds. The van der Waals surface area contributed by atoms with Gasteiger partial charge in [-0.2, -0.15) is 0 Å². The second-order valence-electron chi connectivity index (χ2n) is 4.58. The normalized spacial score (nSPS) is 12.4. The van der Waals surface area contributed by atoms with E-state index in [1.54, 1.807) is 18.2 Å². The third-order valence-corrected chi connectivity index (χ3v) is 3.06. The van der Waals surface area contributed by atoms with Crippen molar-refractivity contribution in [2.45, 2.75) is 19.4 Å². The third kappa shape index (κ3) is 3.36. The van der Waals surface area contributed by atoms with E-state index in [9.17, 15) is 8.78 Å². The minimum absolute atomic E-state index is 0.306. The minimum atomic E-state index is -0.387. The van der Waals surface area contributed by atoms with E-state index < -0.39 is 0 Å². The standard InChI is InChI=1S/C15H16F2N2/c1-10-5-6-13(14(17)7-10)15(19-18)9-11-3-2-4-12(16)8-11/h2-8,15,19H,9,18H2,1H3. The molecule has 0 saturated carbocycles. The van der Waals surface area contributed by atoms with Crippen molar-refractivity contribution in [2.75, 3.05) is 0 Å². The van der Waals surface area contributed by atoms with Crippen molar-refractivity contribution >= 4 is 0 Å². The molecule has 0 aromatic heterocycles. The number of hydrogen-bond donors (Lipinski definition) is 2. The number of nitrogens with two attached hydrogens (primary N) is 1. The number of benzene rings is 2. The van der Waals surface area contributed by atoms with E-state index in [1.165, 1.54) is 18.2 Å². The molecule has 0 aliphatic carbocycles. The lowest BCUT2D eigenvalue weighted by atomic mass is 9.98. The second kappa shape index (κ2) is 5.91. The van der Waals surface area contributed by atoms with Crippen LogP contribution in [0.5, 0.6) is 0 Å². The molecule has 0 radical (unpaired) electrons. The SMILES string of the molecule is Cc1ccc(C(Cc2cccc(F)c2)NN)c(F)c1. The Bertz CT molecular complexity index is 570. The van der Waals surface area contributed by atoms with Gasteiger partial charge >= 0.3 is 0 Å². The number of hydrazine groups is 1. The van der Waals surface area contributed by atoms with Crippen molar-refractivity contribution in [3.8, 4) is 0 Å². The molecule has 0 spiro atoms. The molecule has 2 aromatic carbocycles. The van der Waals surface area contributed by atoms with Gasteiger partial charge in [0.15, 0.2) is 0 Å². The smallest absolute Gasteiger partial charge is 0.128 e. The summed E-state index contributed by atoms with van der Waals surface area (Å²) in [5.74, 6) is 4.87. The van der Waals surface area contributed by atoms with Crippen LogP contribution in [0.1, 0.15) is 22.7 Å². The summed E-state index contributed by atoms with van der Waals surface area (Å²) >= 11 is 0. The summed E-state index contributed by atoms with van der Waals surface area (Å²) in [5.41, 5.74) is 4.68. The lowest BCUT2D eigenvalue weighted by Gasteiger charge is -2.17. The number of aryl methyl sites for hydroxylation is 1. The number of hydrogen-bond acceptors (Lipinski definition) is 2. The van der Waals surface area contributed by atoms with E-state index in [0.717, 1.165) is 11.1 Å². The Labute approximate surface area is 111 Å². The first-order chi connectivity index (χ1) is 9.10. The molecule has 3 N–H and O–H groups in total. The van der Waals surface area contributed by atoms with Crippen molar-refractivity contribution < 1.29 is 8.78 Å². The van der Waals surface area contributed by atoms with Gasteiger partial charge in [0.25, 0.3) is 0 Å². The first-order valence-electron chi connectivity index (χ1n) is 6.07. The van der Waals surface area contributed by atoms with Crippen molar-refractivity contribution in [1.29, 1.82) is 0 Å². The molecule has 2 rings (SSSR count). The van der Waals surface area contributed by atoms with Crippen LogP contribution >= 0.6 is 0 Å². The Kier molecular flexibility index (Phi) is 4.24. The first kappa shape index (κ1) is 13.6. The summed E-state index contributed by atoms with van der Waals surface area (Å²) in [6.07, 6.45) is 0.425. The molecule has 0 bridgehead atoms. The van der Waals surface area contributed by atoms with Crippen LogP contribution in [0.3, 0.4) is 0 Å². The molecule has 2 nitrogen and oxygen atoms in total. The van der Waals surface area contributed by atoms with E-state index in [0.29, 0.717) is 12.0 Å². The molecule has 0 saturated heterocycles. The minimum Gasteiger partial charge on any atom is -0.271 e. The predicted octanol–water partition coefficient (Wildman–Crippen LogP) is 3.02. The van der Waals surface area contributed by atoms with E-state index in [2.05, 4.69) is 5.43 Å². The number of halogens is 2. The predicted molar refractivity (Wildman–Crippen MR) is 71.3 cm³/mol. The van der Waals surface area contributed by atoms with Gasteiger partial charge in [-0.3, -0.25) is 11.3 Å². The molecule has 0 aliphatic heterocycles. The topological polar surface area (TPSA) is 38.0 Å². The number of nitrogens with one attached hydrogen (secondary N) is 1. The first-order valence-corrected chi connectivity index (χ1v) is 6.07. The summed E-state index contributed by atoms with van der Waals surface area (Å²) in [5, 5.41) is 0. The van der Waals surface area contributed by atoms with Crippen molar-refractivity contribution in [2.24, 2.45) is 5.84 Å². The summed E-state index contributed by atoms with van der Waals surface area (Å²) in [6.45, 7) is 1.82. The van der Waals surface area contributed by atoms with Crippen LogP contribution in [-0.4, -0.2) is 0 Å². The highest BCUT2D eigenvalue weighted by atomic mass is 19.1. The Morgan fingerprint density at radius 1 is 1.16 bits per heavy atom. The molecule has 19 heavy (non-hydrogen) atoms. The fourth-order valence-corrected chi connectivity index (χ4v) is 2.07. The average molecular weight is 262 g/mol. The Morgan fingerprint density at radius 2 is 1.95 bits per heavy atom.